The summed E-state index contributed by atoms with van der Waals surface area (Å²) in [5.41, 5.74) is 1.80. The number of hydrogen-bond donors (Lipinski definition) is 2. The Morgan fingerprint density at radius 3 is 2.36 bits per heavy atom. The third-order valence-electron chi connectivity index (χ3n) is 4.45. The number of halogens is 1. The summed E-state index contributed by atoms with van der Waals surface area (Å²) >= 11 is 0. The molecule has 5 nitrogen and oxygen atoms in total. The quantitative estimate of drug-likeness (QED) is 0.856. The first-order valence-corrected chi connectivity index (χ1v) is 8.42. The van der Waals surface area contributed by atoms with E-state index in [0.29, 0.717) is 6.54 Å². The van der Waals surface area contributed by atoms with E-state index in [0.717, 1.165) is 43.3 Å². The summed E-state index contributed by atoms with van der Waals surface area (Å²) < 4.78 is 18.1. The average molecular weight is 344 g/mol. The number of piperazine rings is 1. The Bertz CT molecular complexity index is 696. The van der Waals surface area contributed by atoms with Gasteiger partial charge in [0.1, 0.15) is 11.6 Å². The lowest BCUT2D eigenvalue weighted by molar-refractivity contribution is -0.892. The van der Waals surface area contributed by atoms with E-state index in [4.69, 9.17) is 4.74 Å². The van der Waals surface area contributed by atoms with E-state index >= 15 is 0 Å². The minimum atomic E-state index is -0.219. The topological polar surface area (TPSA) is 46.0 Å². The second kappa shape index (κ2) is 7.98. The molecule has 1 aliphatic heterocycles. The summed E-state index contributed by atoms with van der Waals surface area (Å²) in [7, 11) is 1.61. The van der Waals surface area contributed by atoms with Crippen molar-refractivity contribution in [2.45, 2.75) is 0 Å². The molecule has 0 aliphatic carbocycles. The van der Waals surface area contributed by atoms with Gasteiger partial charge in [0, 0.05) is 11.4 Å². The normalized spacial score (nSPS) is 15.0. The Morgan fingerprint density at radius 2 is 1.76 bits per heavy atom. The van der Waals surface area contributed by atoms with Gasteiger partial charge in [0.05, 0.1) is 33.3 Å². The lowest BCUT2D eigenvalue weighted by atomic mass is 10.2. The Kier molecular flexibility index (Phi) is 5.50. The molecule has 1 heterocycles. The van der Waals surface area contributed by atoms with Crippen molar-refractivity contribution in [3.05, 3.63) is 54.3 Å². The molecule has 0 radical (unpaired) electrons. The zero-order valence-corrected chi connectivity index (χ0v) is 14.3. The number of ether oxygens (including phenoxy) is 1. The highest BCUT2D eigenvalue weighted by atomic mass is 19.1. The van der Waals surface area contributed by atoms with Crippen LogP contribution in [-0.2, 0) is 4.79 Å². The first-order valence-electron chi connectivity index (χ1n) is 8.42. The lowest BCUT2D eigenvalue weighted by Gasteiger charge is -2.33. The molecule has 1 saturated heterocycles. The highest BCUT2D eigenvalue weighted by Gasteiger charge is 2.22. The number of benzene rings is 2. The maximum atomic E-state index is 13.0. The van der Waals surface area contributed by atoms with Gasteiger partial charge in [0.25, 0.3) is 5.91 Å². The second-order valence-electron chi connectivity index (χ2n) is 6.17. The van der Waals surface area contributed by atoms with Crippen LogP contribution in [0.1, 0.15) is 0 Å². The number of nitrogens with one attached hydrogen (secondary N) is 2. The van der Waals surface area contributed by atoms with E-state index in [1.165, 1.54) is 17.0 Å². The molecule has 1 fully saturated rings. The molecule has 3 rings (SSSR count). The minimum Gasteiger partial charge on any atom is -0.497 e. The molecule has 1 aliphatic rings. The highest BCUT2D eigenvalue weighted by Crippen LogP contribution is 2.15. The van der Waals surface area contributed by atoms with Crippen LogP contribution in [0.4, 0.5) is 15.8 Å². The SMILES string of the molecule is COc1ccc(NC(=O)C[NH+]2CCN(c3ccc(F)cc3)CC2)cc1. The molecule has 0 bridgehead atoms. The van der Waals surface area contributed by atoms with Crippen LogP contribution in [0.3, 0.4) is 0 Å². The first-order chi connectivity index (χ1) is 12.1. The molecule has 2 N–H and O–H groups in total. The number of anilines is 2. The monoisotopic (exact) mass is 344 g/mol. The van der Waals surface area contributed by atoms with E-state index in [9.17, 15) is 9.18 Å². The van der Waals surface area contributed by atoms with Gasteiger partial charge in [0.2, 0.25) is 0 Å². The molecule has 0 aromatic heterocycles. The summed E-state index contributed by atoms with van der Waals surface area (Å²) in [6.45, 7) is 3.93. The second-order valence-corrected chi connectivity index (χ2v) is 6.17. The predicted octanol–water partition coefficient (Wildman–Crippen LogP) is 1.18. The molecular formula is C19H23FN3O2+. The van der Waals surface area contributed by atoms with Gasteiger partial charge < -0.3 is 19.9 Å². The number of hydrogen-bond acceptors (Lipinski definition) is 3. The number of rotatable bonds is 5. The molecule has 1 amide bonds. The Balaban J connectivity index is 1.46. The number of methoxy groups -OCH3 is 1. The van der Waals surface area contributed by atoms with Crippen LogP contribution in [-0.4, -0.2) is 45.7 Å². The molecule has 132 valence electrons. The third kappa shape index (κ3) is 4.70. The van der Waals surface area contributed by atoms with E-state index < -0.39 is 0 Å². The van der Waals surface area contributed by atoms with E-state index in [1.807, 2.05) is 24.3 Å². The Labute approximate surface area is 147 Å². The van der Waals surface area contributed by atoms with Crippen LogP contribution < -0.4 is 19.9 Å². The van der Waals surface area contributed by atoms with Crippen LogP contribution in [0.15, 0.2) is 48.5 Å². The fourth-order valence-corrected chi connectivity index (χ4v) is 3.02. The number of amides is 1. The minimum absolute atomic E-state index is 0.00963. The van der Waals surface area contributed by atoms with Crippen molar-refractivity contribution in [1.82, 2.24) is 0 Å². The number of nitrogens with zero attached hydrogens (tertiary/aromatic N) is 1. The molecule has 2 aromatic rings. The van der Waals surface area contributed by atoms with Gasteiger partial charge in [-0.25, -0.2) is 4.39 Å². The fraction of sp³-hybridized carbons (Fsp3) is 0.316. The zero-order chi connectivity index (χ0) is 17.6. The average Bonchev–Trinajstić information content (AvgIpc) is 2.64. The summed E-state index contributed by atoms with van der Waals surface area (Å²) in [5.74, 6) is 0.555. The number of quaternary nitrogens is 1. The van der Waals surface area contributed by atoms with Crippen LogP contribution in [0.5, 0.6) is 5.75 Å². The van der Waals surface area contributed by atoms with E-state index in [-0.39, 0.29) is 11.7 Å². The first kappa shape index (κ1) is 17.2. The molecule has 2 aromatic carbocycles. The van der Waals surface area contributed by atoms with Crippen molar-refractivity contribution in [2.24, 2.45) is 0 Å². The van der Waals surface area contributed by atoms with Gasteiger partial charge in [0.15, 0.2) is 6.54 Å². The number of carbonyl (C=O) groups excluding carboxylic acids is 1. The smallest absolute Gasteiger partial charge is 0.279 e. The van der Waals surface area contributed by atoms with Crippen molar-refractivity contribution in [2.75, 3.05) is 50.1 Å². The van der Waals surface area contributed by atoms with Crippen molar-refractivity contribution >= 4 is 17.3 Å². The molecular weight excluding hydrogens is 321 g/mol. The Morgan fingerprint density at radius 1 is 1.12 bits per heavy atom. The molecule has 0 spiro atoms. The van der Waals surface area contributed by atoms with Crippen molar-refractivity contribution in [3.63, 3.8) is 0 Å². The van der Waals surface area contributed by atoms with Crippen molar-refractivity contribution in [1.29, 1.82) is 0 Å². The number of carbonyl (C=O) groups is 1. The Hall–Kier alpha value is -2.60. The van der Waals surface area contributed by atoms with Crippen molar-refractivity contribution < 1.29 is 18.8 Å². The lowest BCUT2D eigenvalue weighted by Crippen LogP contribution is -3.15. The van der Waals surface area contributed by atoms with E-state index in [2.05, 4.69) is 10.2 Å². The van der Waals surface area contributed by atoms with Crippen LogP contribution in [0.2, 0.25) is 0 Å². The standard InChI is InChI=1S/C19H22FN3O2/c1-25-18-8-4-16(5-9-18)21-19(24)14-22-10-12-23(13-11-22)17-6-2-15(20)3-7-17/h2-9H,10-14H2,1H3,(H,21,24)/p+1. The van der Waals surface area contributed by atoms with Crippen molar-refractivity contribution in [3.8, 4) is 5.75 Å². The van der Waals surface area contributed by atoms with Gasteiger partial charge in [-0.1, -0.05) is 0 Å². The highest BCUT2D eigenvalue weighted by molar-refractivity contribution is 5.91. The van der Waals surface area contributed by atoms with Gasteiger partial charge >= 0.3 is 0 Å². The molecule has 0 unspecified atom stereocenters. The fourth-order valence-electron chi connectivity index (χ4n) is 3.02. The van der Waals surface area contributed by atoms with E-state index in [1.54, 1.807) is 19.2 Å². The molecule has 0 atom stereocenters. The molecule has 6 heteroatoms. The molecule has 25 heavy (non-hydrogen) atoms. The van der Waals surface area contributed by atoms with Crippen LogP contribution in [0, 0.1) is 5.82 Å². The van der Waals surface area contributed by atoms with Gasteiger partial charge in [-0.05, 0) is 48.5 Å². The maximum Gasteiger partial charge on any atom is 0.279 e. The zero-order valence-electron chi connectivity index (χ0n) is 14.3. The van der Waals surface area contributed by atoms with Gasteiger partial charge in [-0.3, -0.25) is 4.79 Å². The predicted molar refractivity (Wildman–Crippen MR) is 95.8 cm³/mol. The van der Waals surface area contributed by atoms with Gasteiger partial charge in [-0.2, -0.15) is 0 Å². The summed E-state index contributed by atoms with van der Waals surface area (Å²) in [6, 6.07) is 13.9. The summed E-state index contributed by atoms with van der Waals surface area (Å²) in [6.07, 6.45) is 0. The maximum absolute atomic E-state index is 13.0. The van der Waals surface area contributed by atoms with Crippen LogP contribution >= 0.6 is 0 Å². The van der Waals surface area contributed by atoms with Crippen LogP contribution in [0.25, 0.3) is 0 Å². The summed E-state index contributed by atoms with van der Waals surface area (Å²) in [4.78, 5) is 15.7. The largest absolute Gasteiger partial charge is 0.497 e. The van der Waals surface area contributed by atoms with Gasteiger partial charge in [-0.15, -0.1) is 0 Å². The molecule has 0 saturated carbocycles. The third-order valence-corrected chi connectivity index (χ3v) is 4.45. The summed E-state index contributed by atoms with van der Waals surface area (Å²) in [5, 5.41) is 2.92.